The summed E-state index contributed by atoms with van der Waals surface area (Å²) < 4.78 is 0. The third-order valence-corrected chi connectivity index (χ3v) is 7.81. The van der Waals surface area contributed by atoms with E-state index < -0.39 is 0 Å². The molecule has 0 bridgehead atoms. The van der Waals surface area contributed by atoms with Gasteiger partial charge in [-0.25, -0.2) is 0 Å². The van der Waals surface area contributed by atoms with Crippen molar-refractivity contribution >= 4 is 46.3 Å². The standard InChI is InChI=1S/C42H38N2/c1-42(2,3)35-25-31-41(32-26-35)44(38-17-11-6-12-18-38)40-29-23-34(24-30-40)20-19-33-21-27-39(28-22-33)43(36-13-7-4-8-14-36)37-15-9-5-10-16-37/h4-32H,1-3H3. The first kappa shape index (κ1) is 28.8. The van der Waals surface area contributed by atoms with Gasteiger partial charge in [0.2, 0.25) is 0 Å². The van der Waals surface area contributed by atoms with Gasteiger partial charge in [0.1, 0.15) is 0 Å². The first-order valence-electron chi connectivity index (χ1n) is 15.2. The molecule has 0 aliphatic rings. The molecule has 0 aliphatic carbocycles. The van der Waals surface area contributed by atoms with Crippen LogP contribution in [-0.4, -0.2) is 0 Å². The van der Waals surface area contributed by atoms with E-state index in [4.69, 9.17) is 0 Å². The zero-order valence-electron chi connectivity index (χ0n) is 25.6. The third kappa shape index (κ3) is 6.66. The Morgan fingerprint density at radius 3 is 0.909 bits per heavy atom. The number of benzene rings is 6. The Hall–Kier alpha value is -5.34. The van der Waals surface area contributed by atoms with Gasteiger partial charge >= 0.3 is 0 Å². The Kier molecular flexibility index (Phi) is 8.43. The number of hydrogen-bond acceptors (Lipinski definition) is 2. The highest BCUT2D eigenvalue weighted by Crippen LogP contribution is 2.36. The topological polar surface area (TPSA) is 6.48 Å². The highest BCUT2D eigenvalue weighted by Gasteiger charge is 2.16. The summed E-state index contributed by atoms with van der Waals surface area (Å²) in [7, 11) is 0. The smallest absolute Gasteiger partial charge is 0.0462 e. The summed E-state index contributed by atoms with van der Waals surface area (Å²) in [5, 5.41) is 0. The van der Waals surface area contributed by atoms with Crippen LogP contribution in [0.25, 0.3) is 12.2 Å². The Balaban J connectivity index is 1.22. The van der Waals surface area contributed by atoms with Gasteiger partial charge < -0.3 is 9.80 Å². The molecule has 44 heavy (non-hydrogen) atoms. The van der Waals surface area contributed by atoms with Crippen LogP contribution in [0.15, 0.2) is 164 Å². The van der Waals surface area contributed by atoms with E-state index in [-0.39, 0.29) is 5.41 Å². The maximum absolute atomic E-state index is 2.31. The minimum atomic E-state index is 0.119. The lowest BCUT2D eigenvalue weighted by atomic mass is 9.87. The second kappa shape index (κ2) is 12.9. The molecule has 0 unspecified atom stereocenters. The van der Waals surface area contributed by atoms with Crippen molar-refractivity contribution in [3.05, 3.63) is 180 Å². The molecular weight excluding hydrogens is 532 g/mol. The van der Waals surface area contributed by atoms with Crippen molar-refractivity contribution in [3.63, 3.8) is 0 Å². The van der Waals surface area contributed by atoms with Crippen LogP contribution in [0, 0.1) is 0 Å². The monoisotopic (exact) mass is 570 g/mol. The van der Waals surface area contributed by atoms with Gasteiger partial charge in [-0.15, -0.1) is 0 Å². The molecule has 2 nitrogen and oxygen atoms in total. The van der Waals surface area contributed by atoms with Crippen molar-refractivity contribution in [1.82, 2.24) is 0 Å². The second-order valence-corrected chi connectivity index (χ2v) is 12.0. The van der Waals surface area contributed by atoms with E-state index in [2.05, 4.69) is 207 Å². The largest absolute Gasteiger partial charge is 0.311 e. The van der Waals surface area contributed by atoms with Crippen molar-refractivity contribution in [1.29, 1.82) is 0 Å². The van der Waals surface area contributed by atoms with E-state index in [0.717, 1.165) is 45.3 Å². The lowest BCUT2D eigenvalue weighted by Gasteiger charge is -2.27. The number of rotatable bonds is 8. The fourth-order valence-electron chi connectivity index (χ4n) is 5.40. The van der Waals surface area contributed by atoms with Crippen LogP contribution in [0.2, 0.25) is 0 Å². The lowest BCUT2D eigenvalue weighted by Crippen LogP contribution is -2.13. The summed E-state index contributed by atoms with van der Waals surface area (Å²) in [6, 6.07) is 58.0. The summed E-state index contributed by atoms with van der Waals surface area (Å²) in [6.45, 7) is 6.76. The van der Waals surface area contributed by atoms with Crippen molar-refractivity contribution in [2.24, 2.45) is 0 Å². The highest BCUT2D eigenvalue weighted by molar-refractivity contribution is 5.80. The Morgan fingerprint density at radius 2 is 0.614 bits per heavy atom. The molecule has 0 spiro atoms. The third-order valence-electron chi connectivity index (χ3n) is 7.81. The first-order chi connectivity index (χ1) is 21.5. The van der Waals surface area contributed by atoms with Gasteiger partial charge in [-0.05, 0) is 94.9 Å². The molecule has 6 aromatic rings. The van der Waals surface area contributed by atoms with Gasteiger partial charge in [-0.2, -0.15) is 0 Å². The SMILES string of the molecule is CC(C)(C)c1ccc(N(c2ccccc2)c2ccc(C=Cc3ccc(N(c4ccccc4)c4ccccc4)cc3)cc2)cc1. The number of nitrogens with zero attached hydrogens (tertiary/aromatic N) is 2. The van der Waals surface area contributed by atoms with E-state index >= 15 is 0 Å². The summed E-state index contributed by atoms with van der Waals surface area (Å²) >= 11 is 0. The minimum Gasteiger partial charge on any atom is -0.311 e. The van der Waals surface area contributed by atoms with Gasteiger partial charge in [-0.1, -0.05) is 124 Å². The molecule has 0 aromatic heterocycles. The Bertz CT molecular complexity index is 1740. The molecule has 2 heteroatoms. The first-order valence-corrected chi connectivity index (χ1v) is 15.2. The maximum atomic E-state index is 2.31. The van der Waals surface area contributed by atoms with E-state index in [9.17, 15) is 0 Å². The maximum Gasteiger partial charge on any atom is 0.0462 e. The van der Waals surface area contributed by atoms with Crippen molar-refractivity contribution < 1.29 is 0 Å². The average Bonchev–Trinajstić information content (AvgIpc) is 3.07. The molecule has 0 atom stereocenters. The summed E-state index contributed by atoms with van der Waals surface area (Å²) in [4.78, 5) is 4.59. The normalized spacial score (nSPS) is 11.4. The zero-order chi connectivity index (χ0) is 30.4. The predicted molar refractivity (Wildman–Crippen MR) is 190 cm³/mol. The summed E-state index contributed by atoms with van der Waals surface area (Å²) in [6.07, 6.45) is 4.35. The van der Waals surface area contributed by atoms with Crippen molar-refractivity contribution in [3.8, 4) is 0 Å². The molecule has 0 radical (unpaired) electrons. The van der Waals surface area contributed by atoms with E-state index in [0.29, 0.717) is 0 Å². The number of anilines is 6. The van der Waals surface area contributed by atoms with Crippen LogP contribution in [0.4, 0.5) is 34.1 Å². The highest BCUT2D eigenvalue weighted by atomic mass is 15.1. The quantitative estimate of drug-likeness (QED) is 0.168. The van der Waals surface area contributed by atoms with Crippen LogP contribution in [-0.2, 0) is 5.41 Å². The van der Waals surface area contributed by atoms with E-state index in [1.165, 1.54) is 5.56 Å². The van der Waals surface area contributed by atoms with Crippen LogP contribution < -0.4 is 9.80 Å². The molecule has 0 N–H and O–H groups in total. The molecular formula is C42H38N2. The Morgan fingerprint density at radius 1 is 0.341 bits per heavy atom. The number of hydrogen-bond donors (Lipinski definition) is 0. The predicted octanol–water partition coefficient (Wildman–Crippen LogP) is 12.1. The minimum absolute atomic E-state index is 0.119. The fourth-order valence-corrected chi connectivity index (χ4v) is 5.40. The van der Waals surface area contributed by atoms with Gasteiger partial charge in [0.15, 0.2) is 0 Å². The molecule has 0 amide bonds. The van der Waals surface area contributed by atoms with Gasteiger partial charge in [0.05, 0.1) is 0 Å². The van der Waals surface area contributed by atoms with Crippen LogP contribution in [0.5, 0.6) is 0 Å². The fraction of sp³-hybridized carbons (Fsp3) is 0.0952. The van der Waals surface area contributed by atoms with Gasteiger partial charge in [0, 0.05) is 34.1 Å². The number of para-hydroxylation sites is 3. The molecule has 0 saturated heterocycles. The Labute approximate surface area is 262 Å². The molecule has 6 aromatic carbocycles. The average molecular weight is 571 g/mol. The van der Waals surface area contributed by atoms with Crippen LogP contribution in [0.3, 0.4) is 0 Å². The van der Waals surface area contributed by atoms with Crippen LogP contribution in [0.1, 0.15) is 37.5 Å². The van der Waals surface area contributed by atoms with E-state index in [1.54, 1.807) is 0 Å². The molecule has 0 fully saturated rings. The zero-order valence-corrected chi connectivity index (χ0v) is 25.6. The van der Waals surface area contributed by atoms with Crippen LogP contribution >= 0.6 is 0 Å². The molecule has 0 heterocycles. The van der Waals surface area contributed by atoms with Crippen molar-refractivity contribution in [2.45, 2.75) is 26.2 Å². The van der Waals surface area contributed by atoms with E-state index in [1.807, 2.05) is 0 Å². The van der Waals surface area contributed by atoms with Gasteiger partial charge in [-0.3, -0.25) is 0 Å². The lowest BCUT2D eigenvalue weighted by molar-refractivity contribution is 0.590. The molecule has 216 valence electrons. The van der Waals surface area contributed by atoms with Crippen molar-refractivity contribution in [2.75, 3.05) is 9.80 Å². The second-order valence-electron chi connectivity index (χ2n) is 12.0. The molecule has 0 aliphatic heterocycles. The molecule has 6 rings (SSSR count). The molecule has 0 saturated carbocycles. The summed E-state index contributed by atoms with van der Waals surface area (Å²) in [5.74, 6) is 0. The van der Waals surface area contributed by atoms with Gasteiger partial charge in [0.25, 0.3) is 0 Å². The summed E-state index contributed by atoms with van der Waals surface area (Å²) in [5.41, 5.74) is 10.6.